The molecule has 1 unspecified atom stereocenters. The van der Waals surface area contributed by atoms with E-state index in [-0.39, 0.29) is 17.0 Å². The standard InChI is InChI=1S/C15H19F3N2O/c1-14(2,3)8-10(19)7-13-20-11-6-9(15(16,17)18)4-5-12(11)21-13/h4-6,10H,7-8,19H2,1-3H3. The predicted molar refractivity (Wildman–Crippen MR) is 74.8 cm³/mol. The zero-order valence-corrected chi connectivity index (χ0v) is 12.3. The molecule has 1 atom stereocenters. The van der Waals surface area contributed by atoms with Crippen LogP contribution in [0.5, 0.6) is 0 Å². The Labute approximate surface area is 121 Å². The van der Waals surface area contributed by atoms with Gasteiger partial charge in [-0.1, -0.05) is 20.8 Å². The van der Waals surface area contributed by atoms with Crippen molar-refractivity contribution in [3.05, 3.63) is 29.7 Å². The van der Waals surface area contributed by atoms with Crippen molar-refractivity contribution in [2.45, 2.75) is 45.8 Å². The van der Waals surface area contributed by atoms with Crippen molar-refractivity contribution in [3.8, 4) is 0 Å². The minimum absolute atomic E-state index is 0.0783. The molecule has 0 bridgehead atoms. The molecule has 6 heteroatoms. The van der Waals surface area contributed by atoms with Crippen LogP contribution in [0.15, 0.2) is 22.6 Å². The van der Waals surface area contributed by atoms with Crippen LogP contribution in [-0.4, -0.2) is 11.0 Å². The molecule has 0 aliphatic carbocycles. The molecule has 0 saturated carbocycles. The summed E-state index contributed by atoms with van der Waals surface area (Å²) in [5.41, 5.74) is 5.94. The normalized spacial score (nSPS) is 14.6. The third-order valence-electron chi connectivity index (χ3n) is 3.07. The highest BCUT2D eigenvalue weighted by atomic mass is 19.4. The lowest BCUT2D eigenvalue weighted by atomic mass is 9.87. The summed E-state index contributed by atoms with van der Waals surface area (Å²) in [7, 11) is 0. The third kappa shape index (κ3) is 4.20. The highest BCUT2D eigenvalue weighted by Crippen LogP contribution is 2.31. The van der Waals surface area contributed by atoms with Crippen molar-refractivity contribution in [3.63, 3.8) is 0 Å². The second-order valence-electron chi connectivity index (χ2n) is 6.52. The predicted octanol–water partition coefficient (Wildman–Crippen LogP) is 4.15. The van der Waals surface area contributed by atoms with Gasteiger partial charge in [-0.3, -0.25) is 0 Å². The monoisotopic (exact) mass is 300 g/mol. The number of hydrogen-bond donors (Lipinski definition) is 1. The number of aromatic nitrogens is 1. The van der Waals surface area contributed by atoms with Crippen LogP contribution < -0.4 is 5.73 Å². The topological polar surface area (TPSA) is 52.0 Å². The third-order valence-corrected chi connectivity index (χ3v) is 3.07. The molecule has 0 aliphatic heterocycles. The zero-order chi connectivity index (χ0) is 15.8. The maximum atomic E-state index is 12.6. The first-order valence-electron chi connectivity index (χ1n) is 6.77. The van der Waals surface area contributed by atoms with E-state index < -0.39 is 11.7 Å². The summed E-state index contributed by atoms with van der Waals surface area (Å²) in [5.74, 6) is 0.376. The summed E-state index contributed by atoms with van der Waals surface area (Å²) < 4.78 is 43.4. The Morgan fingerprint density at radius 2 is 1.90 bits per heavy atom. The molecule has 0 spiro atoms. The Morgan fingerprint density at radius 1 is 1.24 bits per heavy atom. The van der Waals surface area contributed by atoms with Crippen LogP contribution in [0.25, 0.3) is 11.1 Å². The van der Waals surface area contributed by atoms with Crippen molar-refractivity contribution in [1.82, 2.24) is 4.98 Å². The van der Waals surface area contributed by atoms with Crippen molar-refractivity contribution in [1.29, 1.82) is 0 Å². The van der Waals surface area contributed by atoms with Crippen molar-refractivity contribution < 1.29 is 17.6 Å². The fourth-order valence-electron chi connectivity index (χ4n) is 2.32. The molecular weight excluding hydrogens is 281 g/mol. The zero-order valence-electron chi connectivity index (χ0n) is 12.3. The van der Waals surface area contributed by atoms with Crippen LogP contribution in [0.4, 0.5) is 13.2 Å². The average molecular weight is 300 g/mol. The van der Waals surface area contributed by atoms with Gasteiger partial charge in [-0.15, -0.1) is 0 Å². The highest BCUT2D eigenvalue weighted by molar-refractivity contribution is 5.73. The van der Waals surface area contributed by atoms with E-state index in [0.29, 0.717) is 17.9 Å². The fourth-order valence-corrected chi connectivity index (χ4v) is 2.32. The van der Waals surface area contributed by atoms with Gasteiger partial charge in [-0.05, 0) is 30.0 Å². The van der Waals surface area contributed by atoms with E-state index in [1.54, 1.807) is 0 Å². The van der Waals surface area contributed by atoms with Crippen LogP contribution in [0.3, 0.4) is 0 Å². The Morgan fingerprint density at radius 3 is 2.48 bits per heavy atom. The Kier molecular flexibility index (Phi) is 4.02. The smallest absolute Gasteiger partial charge is 0.416 e. The molecule has 2 N–H and O–H groups in total. The lowest BCUT2D eigenvalue weighted by molar-refractivity contribution is -0.137. The van der Waals surface area contributed by atoms with E-state index in [0.717, 1.165) is 18.6 Å². The van der Waals surface area contributed by atoms with Gasteiger partial charge in [-0.2, -0.15) is 13.2 Å². The van der Waals surface area contributed by atoms with Gasteiger partial charge in [0.05, 0.1) is 5.56 Å². The lowest BCUT2D eigenvalue weighted by Gasteiger charge is -2.22. The van der Waals surface area contributed by atoms with E-state index in [2.05, 4.69) is 25.8 Å². The average Bonchev–Trinajstić information content (AvgIpc) is 2.65. The number of fused-ring (bicyclic) bond motifs is 1. The number of oxazole rings is 1. The van der Waals surface area contributed by atoms with Gasteiger partial charge >= 0.3 is 6.18 Å². The molecule has 1 heterocycles. The van der Waals surface area contributed by atoms with Gasteiger partial charge in [0.2, 0.25) is 0 Å². The van der Waals surface area contributed by atoms with E-state index in [9.17, 15) is 13.2 Å². The maximum Gasteiger partial charge on any atom is 0.416 e. The Hall–Kier alpha value is -1.56. The number of nitrogens with two attached hydrogens (primary N) is 1. The number of rotatable bonds is 3. The largest absolute Gasteiger partial charge is 0.441 e. The number of halogens is 3. The molecule has 21 heavy (non-hydrogen) atoms. The quantitative estimate of drug-likeness (QED) is 0.926. The minimum atomic E-state index is -4.38. The molecule has 116 valence electrons. The molecular formula is C15H19F3N2O. The van der Waals surface area contributed by atoms with E-state index in [1.807, 2.05) is 0 Å². The van der Waals surface area contributed by atoms with E-state index in [4.69, 9.17) is 10.2 Å². The molecule has 0 saturated heterocycles. The number of nitrogens with zero attached hydrogens (tertiary/aromatic N) is 1. The molecule has 2 aromatic rings. The molecule has 1 aromatic heterocycles. The minimum Gasteiger partial charge on any atom is -0.441 e. The summed E-state index contributed by atoms with van der Waals surface area (Å²) in [6.07, 6.45) is -3.19. The van der Waals surface area contributed by atoms with Gasteiger partial charge in [0.25, 0.3) is 0 Å². The van der Waals surface area contributed by atoms with Crippen LogP contribution in [0, 0.1) is 5.41 Å². The summed E-state index contributed by atoms with van der Waals surface area (Å²) in [6.45, 7) is 6.23. The summed E-state index contributed by atoms with van der Waals surface area (Å²) in [4.78, 5) is 4.11. The first-order valence-corrected chi connectivity index (χ1v) is 6.77. The number of alkyl halides is 3. The van der Waals surface area contributed by atoms with Gasteiger partial charge in [0.1, 0.15) is 5.52 Å². The molecule has 1 aromatic carbocycles. The number of benzene rings is 1. The molecule has 0 amide bonds. The Balaban J connectivity index is 2.19. The molecule has 3 nitrogen and oxygen atoms in total. The van der Waals surface area contributed by atoms with Gasteiger partial charge in [0.15, 0.2) is 11.5 Å². The SMILES string of the molecule is CC(C)(C)CC(N)Cc1nc2cc(C(F)(F)F)ccc2o1. The van der Waals surface area contributed by atoms with Crippen LogP contribution in [0.2, 0.25) is 0 Å². The molecule has 0 aliphatic rings. The molecule has 2 rings (SSSR count). The van der Waals surface area contributed by atoms with Crippen LogP contribution in [-0.2, 0) is 12.6 Å². The summed E-state index contributed by atoms with van der Waals surface area (Å²) in [5, 5.41) is 0. The van der Waals surface area contributed by atoms with Gasteiger partial charge in [0, 0.05) is 12.5 Å². The number of hydrogen-bond acceptors (Lipinski definition) is 3. The highest BCUT2D eigenvalue weighted by Gasteiger charge is 2.31. The van der Waals surface area contributed by atoms with E-state index >= 15 is 0 Å². The van der Waals surface area contributed by atoms with Gasteiger partial charge in [-0.25, -0.2) is 4.98 Å². The summed E-state index contributed by atoms with van der Waals surface area (Å²) in [6, 6.07) is 3.15. The van der Waals surface area contributed by atoms with Crippen LogP contribution in [0.1, 0.15) is 38.6 Å². The van der Waals surface area contributed by atoms with Crippen molar-refractivity contribution >= 4 is 11.1 Å². The molecule has 0 radical (unpaired) electrons. The lowest BCUT2D eigenvalue weighted by Crippen LogP contribution is -2.28. The first kappa shape index (κ1) is 15.8. The second kappa shape index (κ2) is 5.33. The fraction of sp³-hybridized carbons (Fsp3) is 0.533. The second-order valence-corrected chi connectivity index (χ2v) is 6.52. The van der Waals surface area contributed by atoms with Crippen LogP contribution >= 0.6 is 0 Å². The van der Waals surface area contributed by atoms with E-state index in [1.165, 1.54) is 6.07 Å². The Bertz CT molecular complexity index is 626. The van der Waals surface area contributed by atoms with Crippen molar-refractivity contribution in [2.75, 3.05) is 0 Å². The van der Waals surface area contributed by atoms with Gasteiger partial charge < -0.3 is 10.2 Å². The maximum absolute atomic E-state index is 12.6. The first-order chi connectivity index (χ1) is 9.54. The van der Waals surface area contributed by atoms with Crippen molar-refractivity contribution in [2.24, 2.45) is 11.1 Å². The summed E-state index contributed by atoms with van der Waals surface area (Å²) >= 11 is 0. The molecule has 0 fully saturated rings.